The molecule has 8 heteroatoms. The maximum absolute atomic E-state index is 14.4. The number of amidine groups is 1. The van der Waals surface area contributed by atoms with Crippen molar-refractivity contribution < 1.29 is 18.0 Å². The molecule has 2 aromatic carbocycles. The van der Waals surface area contributed by atoms with E-state index in [0.29, 0.717) is 11.1 Å². The quantitative estimate of drug-likeness (QED) is 0.550. The fraction of sp³-hybridized carbons (Fsp3) is 0.417. The molecule has 3 heterocycles. The van der Waals surface area contributed by atoms with Gasteiger partial charge in [0.1, 0.15) is 11.7 Å². The Balaban J connectivity index is 1.52. The largest absolute Gasteiger partial charge is 0.384 e. The number of nitrogens with zero attached hydrogens (tertiary/aromatic N) is 2. The predicted molar refractivity (Wildman–Crippen MR) is 114 cm³/mol. The second-order valence-electron chi connectivity index (χ2n) is 8.95. The molecule has 1 amide bonds. The van der Waals surface area contributed by atoms with Gasteiger partial charge in [-0.3, -0.25) is 15.1 Å². The molecule has 0 saturated carbocycles. The lowest BCUT2D eigenvalue weighted by molar-refractivity contribution is -0.136. The summed E-state index contributed by atoms with van der Waals surface area (Å²) < 4.78 is 42.1. The maximum atomic E-state index is 14.4. The van der Waals surface area contributed by atoms with Gasteiger partial charge < -0.3 is 10.6 Å². The molecule has 0 spiro atoms. The molecule has 32 heavy (non-hydrogen) atoms. The zero-order valence-electron chi connectivity index (χ0n) is 17.4. The summed E-state index contributed by atoms with van der Waals surface area (Å²) in [6.45, 7) is 0.821. The van der Waals surface area contributed by atoms with Gasteiger partial charge in [-0.05, 0) is 42.6 Å². The highest BCUT2D eigenvalue weighted by Crippen LogP contribution is 2.56. The summed E-state index contributed by atoms with van der Waals surface area (Å²) in [5, 5.41) is 7.60. The Morgan fingerprint density at radius 2 is 1.81 bits per heavy atom. The van der Waals surface area contributed by atoms with E-state index in [4.69, 9.17) is 11.1 Å². The lowest BCUT2D eigenvalue weighted by Crippen LogP contribution is -2.45. The van der Waals surface area contributed by atoms with Crippen molar-refractivity contribution in [1.29, 1.82) is 5.41 Å². The van der Waals surface area contributed by atoms with Crippen LogP contribution in [0.3, 0.4) is 0 Å². The van der Waals surface area contributed by atoms with E-state index >= 15 is 0 Å². The minimum atomic E-state index is -2.66. The van der Waals surface area contributed by atoms with E-state index in [1.165, 1.54) is 17.0 Å². The van der Waals surface area contributed by atoms with Crippen LogP contribution >= 0.6 is 0 Å². The minimum Gasteiger partial charge on any atom is -0.384 e. The number of carbonyl (C=O) groups excluding carboxylic acids is 1. The Bertz CT molecular complexity index is 1030. The Morgan fingerprint density at radius 3 is 2.44 bits per heavy atom. The highest BCUT2D eigenvalue weighted by molar-refractivity contribution is 5.95. The molecule has 3 fully saturated rings. The van der Waals surface area contributed by atoms with E-state index in [2.05, 4.69) is 4.90 Å². The molecular formula is C24H25F3N4O. The molecule has 5 rings (SSSR count). The molecule has 3 aliphatic heterocycles. The van der Waals surface area contributed by atoms with Gasteiger partial charge in [-0.2, -0.15) is 0 Å². The smallest absolute Gasteiger partial charge is 0.259 e. The molecule has 2 aromatic rings. The first kappa shape index (κ1) is 21.0. The summed E-state index contributed by atoms with van der Waals surface area (Å²) in [5.74, 6) is -1.72. The van der Waals surface area contributed by atoms with Gasteiger partial charge in [-0.1, -0.05) is 36.4 Å². The van der Waals surface area contributed by atoms with Crippen LogP contribution in [0, 0.1) is 23.1 Å². The van der Waals surface area contributed by atoms with Gasteiger partial charge in [0, 0.05) is 30.1 Å². The van der Waals surface area contributed by atoms with Crippen molar-refractivity contribution in [2.45, 2.75) is 43.9 Å². The van der Waals surface area contributed by atoms with E-state index in [9.17, 15) is 18.0 Å². The fourth-order valence-corrected chi connectivity index (χ4v) is 6.05. The number of halogens is 3. The summed E-state index contributed by atoms with van der Waals surface area (Å²) in [5.41, 5.74) is 7.68. The number of nitrogens with one attached hydrogen (secondary N) is 1. The zero-order valence-corrected chi connectivity index (χ0v) is 17.4. The lowest BCUT2D eigenvalue weighted by Gasteiger charge is -2.33. The van der Waals surface area contributed by atoms with Crippen LogP contribution < -0.4 is 5.73 Å². The van der Waals surface area contributed by atoms with Crippen LogP contribution in [0.25, 0.3) is 0 Å². The number of fused-ring (bicyclic) bond motifs is 3. The normalized spacial score (nSPS) is 29.6. The van der Waals surface area contributed by atoms with Gasteiger partial charge in [0.15, 0.2) is 0 Å². The Morgan fingerprint density at radius 1 is 1.12 bits per heavy atom. The molecule has 3 aliphatic rings. The zero-order chi connectivity index (χ0) is 22.6. The van der Waals surface area contributed by atoms with Gasteiger partial charge >= 0.3 is 0 Å². The second kappa shape index (κ2) is 7.92. The summed E-state index contributed by atoms with van der Waals surface area (Å²) >= 11 is 0. The first-order valence-corrected chi connectivity index (χ1v) is 10.9. The van der Waals surface area contributed by atoms with Crippen molar-refractivity contribution in [2.24, 2.45) is 17.6 Å². The predicted octanol–water partition coefficient (Wildman–Crippen LogP) is 3.54. The summed E-state index contributed by atoms with van der Waals surface area (Å²) in [4.78, 5) is 17.1. The van der Waals surface area contributed by atoms with Crippen LogP contribution in [0.15, 0.2) is 48.5 Å². The van der Waals surface area contributed by atoms with Gasteiger partial charge in [-0.25, -0.2) is 13.2 Å². The second-order valence-corrected chi connectivity index (χ2v) is 8.95. The van der Waals surface area contributed by atoms with Gasteiger partial charge in [0.25, 0.3) is 6.43 Å². The highest BCUT2D eigenvalue weighted by atomic mass is 19.3. The molecule has 0 radical (unpaired) electrons. The van der Waals surface area contributed by atoms with E-state index in [-0.39, 0.29) is 30.4 Å². The standard InChI is InChI=1S/C24H25F3N4O/c25-16-9-3-13(4-10-16)12-31-21(22(26)27)18-17-2-1-11-30(17)20(19(18)24(31)32)14-5-7-15(8-6-14)23(28)29/h3-10,17-22H,1-2,11-12H2,(H3,28,29)/t17-,18-,19-,20-,21+/m0/s1. The molecule has 5 atom stereocenters. The minimum absolute atomic E-state index is 0.0416. The SMILES string of the molecule is N=C(N)c1ccc([C@H]2[C@H]3C(=O)N(Cc4ccc(F)cc4)[C@@H](C(F)F)[C@H]3[C@@H]3CCCN32)cc1. The molecule has 3 N–H and O–H groups in total. The van der Waals surface area contributed by atoms with Crippen LogP contribution in [0.4, 0.5) is 13.2 Å². The van der Waals surface area contributed by atoms with Crippen molar-refractivity contribution in [2.75, 3.05) is 6.54 Å². The summed E-state index contributed by atoms with van der Waals surface area (Å²) in [6, 6.07) is 11.3. The lowest BCUT2D eigenvalue weighted by atomic mass is 9.82. The number of benzene rings is 2. The van der Waals surface area contributed by atoms with E-state index < -0.39 is 30.1 Å². The Kier molecular flexibility index (Phi) is 5.20. The molecule has 0 aliphatic carbocycles. The summed E-state index contributed by atoms with van der Waals surface area (Å²) in [6.07, 6.45) is -0.946. The fourth-order valence-electron chi connectivity index (χ4n) is 6.05. The first-order chi connectivity index (χ1) is 15.4. The number of likely N-dealkylation sites (tertiary alicyclic amines) is 1. The number of hydrogen-bond acceptors (Lipinski definition) is 3. The third kappa shape index (κ3) is 3.28. The van der Waals surface area contributed by atoms with E-state index in [1.54, 1.807) is 24.3 Å². The molecule has 0 aromatic heterocycles. The molecule has 5 nitrogen and oxygen atoms in total. The van der Waals surface area contributed by atoms with Crippen LogP contribution in [0.5, 0.6) is 0 Å². The van der Waals surface area contributed by atoms with Crippen molar-refractivity contribution >= 4 is 11.7 Å². The third-order valence-electron chi connectivity index (χ3n) is 7.31. The number of carbonyl (C=O) groups is 1. The summed E-state index contributed by atoms with van der Waals surface area (Å²) in [7, 11) is 0. The van der Waals surface area contributed by atoms with Crippen molar-refractivity contribution in [3.63, 3.8) is 0 Å². The number of nitrogen functional groups attached to an aromatic ring is 1. The molecular weight excluding hydrogens is 417 g/mol. The highest BCUT2D eigenvalue weighted by Gasteiger charge is 2.64. The Labute approximate surface area is 184 Å². The first-order valence-electron chi connectivity index (χ1n) is 10.9. The third-order valence-corrected chi connectivity index (χ3v) is 7.31. The van der Waals surface area contributed by atoms with Crippen LogP contribution in [-0.2, 0) is 11.3 Å². The average Bonchev–Trinajstić information content (AvgIpc) is 3.42. The van der Waals surface area contributed by atoms with Gasteiger partial charge in [0.2, 0.25) is 5.91 Å². The van der Waals surface area contributed by atoms with Crippen LogP contribution in [0.1, 0.15) is 35.6 Å². The van der Waals surface area contributed by atoms with Crippen LogP contribution in [0.2, 0.25) is 0 Å². The van der Waals surface area contributed by atoms with Crippen LogP contribution in [-0.4, -0.2) is 46.6 Å². The Hall–Kier alpha value is -2.87. The van der Waals surface area contributed by atoms with Crippen molar-refractivity contribution in [1.82, 2.24) is 9.80 Å². The van der Waals surface area contributed by atoms with E-state index in [0.717, 1.165) is 24.9 Å². The number of alkyl halides is 2. The number of amides is 1. The molecule has 3 saturated heterocycles. The number of rotatable bonds is 5. The van der Waals surface area contributed by atoms with Gasteiger partial charge in [-0.15, -0.1) is 0 Å². The molecule has 0 unspecified atom stereocenters. The maximum Gasteiger partial charge on any atom is 0.259 e. The van der Waals surface area contributed by atoms with Gasteiger partial charge in [0.05, 0.1) is 12.0 Å². The van der Waals surface area contributed by atoms with E-state index in [1.807, 2.05) is 12.1 Å². The topological polar surface area (TPSA) is 73.4 Å². The molecule has 0 bridgehead atoms. The average molecular weight is 442 g/mol. The molecule has 168 valence electrons. The number of nitrogens with two attached hydrogens (primary N) is 1. The van der Waals surface area contributed by atoms with Crippen molar-refractivity contribution in [3.8, 4) is 0 Å². The monoisotopic (exact) mass is 442 g/mol. The number of hydrogen-bond donors (Lipinski definition) is 2. The van der Waals surface area contributed by atoms with Crippen molar-refractivity contribution in [3.05, 3.63) is 71.0 Å².